The van der Waals surface area contributed by atoms with Crippen LogP contribution in [0.15, 0.2) is 40.2 Å². The number of nitro groups is 1. The SMILES string of the molecule is Cc1nn(Cc2ccc(C(=O)N(C)Cc3cc(Br)cs3)cc2)c(C)c1[N+](=O)[O-]. The van der Waals surface area contributed by atoms with Gasteiger partial charge in [-0.25, -0.2) is 0 Å². The molecule has 9 heteroatoms. The molecular weight excluding hydrogens is 444 g/mol. The van der Waals surface area contributed by atoms with Gasteiger partial charge in [0.1, 0.15) is 11.4 Å². The molecule has 0 radical (unpaired) electrons. The van der Waals surface area contributed by atoms with Crippen molar-refractivity contribution >= 4 is 38.9 Å². The van der Waals surface area contributed by atoms with E-state index in [4.69, 9.17) is 0 Å². The lowest BCUT2D eigenvalue weighted by atomic mass is 10.1. The van der Waals surface area contributed by atoms with Crippen molar-refractivity contribution < 1.29 is 9.72 Å². The summed E-state index contributed by atoms with van der Waals surface area (Å²) in [6, 6.07) is 9.26. The predicted molar refractivity (Wildman–Crippen MR) is 112 cm³/mol. The fraction of sp³-hybridized carbons (Fsp3) is 0.263. The lowest BCUT2D eigenvalue weighted by Crippen LogP contribution is -2.25. The van der Waals surface area contributed by atoms with E-state index in [1.54, 1.807) is 53.9 Å². The molecule has 28 heavy (non-hydrogen) atoms. The van der Waals surface area contributed by atoms with Crippen LogP contribution in [0.2, 0.25) is 0 Å². The minimum Gasteiger partial charge on any atom is -0.337 e. The Hall–Kier alpha value is -2.52. The van der Waals surface area contributed by atoms with Gasteiger partial charge in [0.2, 0.25) is 0 Å². The van der Waals surface area contributed by atoms with Crippen molar-refractivity contribution in [2.75, 3.05) is 7.05 Å². The van der Waals surface area contributed by atoms with E-state index in [1.807, 2.05) is 23.6 Å². The quantitative estimate of drug-likeness (QED) is 0.397. The number of aromatic nitrogens is 2. The fourth-order valence-corrected chi connectivity index (χ4v) is 4.50. The first-order valence-electron chi connectivity index (χ1n) is 8.52. The van der Waals surface area contributed by atoms with Crippen molar-refractivity contribution in [1.82, 2.24) is 14.7 Å². The highest BCUT2D eigenvalue weighted by Gasteiger charge is 2.21. The summed E-state index contributed by atoms with van der Waals surface area (Å²) in [6.07, 6.45) is 0. The second kappa shape index (κ2) is 8.24. The number of carbonyl (C=O) groups is 1. The fourth-order valence-electron chi connectivity index (χ4n) is 2.99. The molecule has 0 atom stereocenters. The zero-order valence-electron chi connectivity index (χ0n) is 15.7. The first kappa shape index (κ1) is 20.2. The van der Waals surface area contributed by atoms with E-state index >= 15 is 0 Å². The maximum Gasteiger partial charge on any atom is 0.312 e. The van der Waals surface area contributed by atoms with Crippen molar-refractivity contribution in [2.45, 2.75) is 26.9 Å². The number of amides is 1. The molecule has 3 rings (SSSR count). The Morgan fingerprint density at radius 2 is 2.00 bits per heavy atom. The predicted octanol–water partition coefficient (Wildman–Crippen LogP) is 4.55. The van der Waals surface area contributed by atoms with Gasteiger partial charge in [0.15, 0.2) is 0 Å². The summed E-state index contributed by atoms with van der Waals surface area (Å²) in [7, 11) is 1.78. The van der Waals surface area contributed by atoms with Crippen LogP contribution in [0.3, 0.4) is 0 Å². The number of thiophene rings is 1. The molecule has 0 aliphatic heterocycles. The van der Waals surface area contributed by atoms with Crippen LogP contribution in [0.1, 0.15) is 32.2 Å². The molecule has 1 aromatic carbocycles. The molecular formula is C19H19BrN4O3S. The minimum atomic E-state index is -0.405. The standard InChI is InChI=1S/C19H19BrN4O3S/c1-12-18(24(26)27)13(2)23(21-12)9-14-4-6-15(7-5-14)19(25)22(3)10-17-8-16(20)11-28-17/h4-8,11H,9-10H2,1-3H3. The molecule has 0 unspecified atom stereocenters. The first-order valence-corrected chi connectivity index (χ1v) is 10.2. The highest BCUT2D eigenvalue weighted by molar-refractivity contribution is 9.10. The van der Waals surface area contributed by atoms with Gasteiger partial charge in [0.25, 0.3) is 5.91 Å². The monoisotopic (exact) mass is 462 g/mol. The summed E-state index contributed by atoms with van der Waals surface area (Å²) >= 11 is 5.02. The molecule has 2 aromatic heterocycles. The summed E-state index contributed by atoms with van der Waals surface area (Å²) < 4.78 is 2.63. The number of rotatable bonds is 6. The van der Waals surface area contributed by atoms with Crippen molar-refractivity contribution in [2.24, 2.45) is 0 Å². The Morgan fingerprint density at radius 1 is 1.32 bits per heavy atom. The largest absolute Gasteiger partial charge is 0.337 e. The third-order valence-corrected chi connectivity index (χ3v) is 6.10. The second-order valence-electron chi connectivity index (χ2n) is 6.52. The molecule has 0 aliphatic rings. The molecule has 0 spiro atoms. The Bertz CT molecular complexity index is 1030. The Labute approximate surface area is 174 Å². The molecule has 0 N–H and O–H groups in total. The van der Waals surface area contributed by atoms with Crippen LogP contribution >= 0.6 is 27.3 Å². The van der Waals surface area contributed by atoms with Crippen molar-refractivity contribution in [3.8, 4) is 0 Å². The number of aryl methyl sites for hydroxylation is 1. The van der Waals surface area contributed by atoms with Crippen LogP contribution in [-0.2, 0) is 13.1 Å². The van der Waals surface area contributed by atoms with Crippen LogP contribution in [0.4, 0.5) is 5.69 Å². The van der Waals surface area contributed by atoms with Gasteiger partial charge < -0.3 is 4.90 Å². The normalized spacial score (nSPS) is 10.9. The van der Waals surface area contributed by atoms with Crippen molar-refractivity contribution in [3.05, 3.63) is 77.7 Å². The number of nitrogens with zero attached hydrogens (tertiary/aromatic N) is 4. The van der Waals surface area contributed by atoms with Gasteiger partial charge in [-0.15, -0.1) is 11.3 Å². The summed E-state index contributed by atoms with van der Waals surface area (Å²) in [5.41, 5.74) is 2.48. The van der Waals surface area contributed by atoms with Gasteiger partial charge in [0, 0.05) is 27.3 Å². The number of hydrogen-bond donors (Lipinski definition) is 0. The average molecular weight is 463 g/mol. The van der Waals surface area contributed by atoms with E-state index in [2.05, 4.69) is 21.0 Å². The third-order valence-electron chi connectivity index (χ3n) is 4.42. The minimum absolute atomic E-state index is 0.0497. The van der Waals surface area contributed by atoms with Crippen molar-refractivity contribution in [3.63, 3.8) is 0 Å². The molecule has 0 aliphatic carbocycles. The van der Waals surface area contributed by atoms with Gasteiger partial charge in [-0.2, -0.15) is 5.10 Å². The Morgan fingerprint density at radius 3 is 2.54 bits per heavy atom. The van der Waals surface area contributed by atoms with Gasteiger partial charge in [0.05, 0.1) is 18.0 Å². The van der Waals surface area contributed by atoms with Crippen LogP contribution in [0.25, 0.3) is 0 Å². The highest BCUT2D eigenvalue weighted by atomic mass is 79.9. The topological polar surface area (TPSA) is 81.3 Å². The summed E-state index contributed by atoms with van der Waals surface area (Å²) in [5.74, 6) is -0.0576. The molecule has 0 fully saturated rings. The lowest BCUT2D eigenvalue weighted by Gasteiger charge is -2.16. The number of carbonyl (C=O) groups excluding carboxylic acids is 1. The molecule has 0 bridgehead atoms. The van der Waals surface area contributed by atoms with E-state index in [0.717, 1.165) is 14.9 Å². The van der Waals surface area contributed by atoms with E-state index in [9.17, 15) is 14.9 Å². The maximum atomic E-state index is 12.6. The molecule has 3 aromatic rings. The van der Waals surface area contributed by atoms with E-state index in [-0.39, 0.29) is 11.6 Å². The highest BCUT2D eigenvalue weighted by Crippen LogP contribution is 2.23. The molecule has 1 amide bonds. The van der Waals surface area contributed by atoms with Gasteiger partial charge in [-0.1, -0.05) is 12.1 Å². The number of halogens is 1. The molecule has 0 saturated carbocycles. The Kier molecular flexibility index (Phi) is 5.95. The van der Waals surface area contributed by atoms with E-state index < -0.39 is 4.92 Å². The van der Waals surface area contributed by atoms with Crippen LogP contribution in [0.5, 0.6) is 0 Å². The smallest absolute Gasteiger partial charge is 0.312 e. The van der Waals surface area contributed by atoms with Crippen LogP contribution in [-0.4, -0.2) is 32.6 Å². The third kappa shape index (κ3) is 4.31. The zero-order chi connectivity index (χ0) is 20.4. The molecule has 0 saturated heterocycles. The van der Waals surface area contributed by atoms with Gasteiger partial charge >= 0.3 is 5.69 Å². The molecule has 146 valence electrons. The summed E-state index contributed by atoms with van der Waals surface area (Å²) in [4.78, 5) is 26.1. The molecule has 2 heterocycles. The lowest BCUT2D eigenvalue weighted by molar-refractivity contribution is -0.386. The Balaban J connectivity index is 1.70. The molecule has 7 nitrogen and oxygen atoms in total. The number of benzene rings is 1. The second-order valence-corrected chi connectivity index (χ2v) is 8.44. The maximum absolute atomic E-state index is 12.6. The average Bonchev–Trinajstić information content (AvgIpc) is 3.17. The van der Waals surface area contributed by atoms with Crippen LogP contribution < -0.4 is 0 Å². The van der Waals surface area contributed by atoms with Gasteiger partial charge in [-0.3, -0.25) is 19.6 Å². The first-order chi connectivity index (χ1) is 13.3. The van der Waals surface area contributed by atoms with Crippen LogP contribution in [0, 0.1) is 24.0 Å². The summed E-state index contributed by atoms with van der Waals surface area (Å²) in [5, 5.41) is 17.4. The zero-order valence-corrected chi connectivity index (χ0v) is 18.1. The summed E-state index contributed by atoms with van der Waals surface area (Å²) in [6.45, 7) is 4.28. The van der Waals surface area contributed by atoms with Crippen molar-refractivity contribution in [1.29, 1.82) is 0 Å². The van der Waals surface area contributed by atoms with Gasteiger partial charge in [-0.05, 0) is 53.5 Å². The van der Waals surface area contributed by atoms with E-state index in [1.165, 1.54) is 0 Å². The van der Waals surface area contributed by atoms with E-state index in [0.29, 0.717) is 30.0 Å². The number of hydrogen-bond acceptors (Lipinski definition) is 5.